The van der Waals surface area contributed by atoms with Crippen molar-refractivity contribution < 1.29 is 8.78 Å². The normalized spacial score (nSPS) is 10.8. The number of likely N-dealkylation sites (N-methyl/N-ethyl adjacent to an activating group) is 1. The van der Waals surface area contributed by atoms with E-state index in [1.165, 1.54) is 17.4 Å². The first-order chi connectivity index (χ1) is 8.20. The average molecular weight is 254 g/mol. The molecule has 2 aromatic rings. The molecule has 1 aromatic carbocycles. The number of aromatic nitrogens is 1. The molecule has 2 nitrogen and oxygen atoms in total. The summed E-state index contributed by atoms with van der Waals surface area (Å²) in [5, 5.41) is 5.69. The van der Waals surface area contributed by atoms with Crippen LogP contribution in [0.3, 0.4) is 0 Å². The number of nitrogens with one attached hydrogen (secondary N) is 1. The van der Waals surface area contributed by atoms with Crippen molar-refractivity contribution in [2.24, 2.45) is 0 Å². The van der Waals surface area contributed by atoms with Crippen LogP contribution in [0.1, 0.15) is 5.69 Å². The molecule has 0 aliphatic rings. The lowest BCUT2D eigenvalue weighted by Crippen LogP contribution is -2.10. The highest BCUT2D eigenvalue weighted by Gasteiger charge is 2.08. The second-order valence-corrected chi connectivity index (χ2v) is 4.48. The van der Waals surface area contributed by atoms with Crippen molar-refractivity contribution in [3.8, 4) is 10.6 Å². The predicted molar refractivity (Wildman–Crippen MR) is 65.1 cm³/mol. The van der Waals surface area contributed by atoms with E-state index in [0.29, 0.717) is 5.56 Å². The van der Waals surface area contributed by atoms with Crippen LogP contribution < -0.4 is 5.32 Å². The van der Waals surface area contributed by atoms with Gasteiger partial charge >= 0.3 is 0 Å². The smallest absolute Gasteiger partial charge is 0.159 e. The molecule has 1 heterocycles. The van der Waals surface area contributed by atoms with Gasteiger partial charge in [-0.3, -0.25) is 0 Å². The van der Waals surface area contributed by atoms with Gasteiger partial charge in [0.05, 0.1) is 5.69 Å². The Morgan fingerprint density at radius 3 is 2.82 bits per heavy atom. The first kappa shape index (κ1) is 12.1. The van der Waals surface area contributed by atoms with E-state index in [-0.39, 0.29) is 0 Å². The maximum Gasteiger partial charge on any atom is 0.159 e. The van der Waals surface area contributed by atoms with Gasteiger partial charge in [0.15, 0.2) is 11.6 Å². The molecule has 0 radical (unpaired) electrons. The van der Waals surface area contributed by atoms with Crippen LogP contribution in [0.5, 0.6) is 0 Å². The van der Waals surface area contributed by atoms with E-state index in [0.717, 1.165) is 29.7 Å². The minimum absolute atomic E-state index is 0.615. The molecule has 0 unspecified atom stereocenters. The van der Waals surface area contributed by atoms with Gasteiger partial charge in [0.1, 0.15) is 5.01 Å². The van der Waals surface area contributed by atoms with Gasteiger partial charge in [0.2, 0.25) is 0 Å². The van der Waals surface area contributed by atoms with Gasteiger partial charge in [-0.05, 0) is 25.2 Å². The number of thiazole rings is 1. The Kier molecular flexibility index (Phi) is 3.81. The molecular formula is C12H12F2N2S. The van der Waals surface area contributed by atoms with Gasteiger partial charge in [-0.2, -0.15) is 0 Å². The van der Waals surface area contributed by atoms with E-state index in [9.17, 15) is 8.78 Å². The van der Waals surface area contributed by atoms with Crippen LogP contribution >= 0.6 is 11.3 Å². The molecule has 17 heavy (non-hydrogen) atoms. The van der Waals surface area contributed by atoms with Gasteiger partial charge in [-0.15, -0.1) is 11.3 Å². The van der Waals surface area contributed by atoms with E-state index in [2.05, 4.69) is 10.3 Å². The molecule has 0 bridgehead atoms. The second-order valence-electron chi connectivity index (χ2n) is 3.63. The lowest BCUT2D eigenvalue weighted by Gasteiger charge is -1.98. The maximum absolute atomic E-state index is 13.1. The summed E-state index contributed by atoms with van der Waals surface area (Å²) in [6.07, 6.45) is 0.830. The second kappa shape index (κ2) is 5.33. The Morgan fingerprint density at radius 1 is 1.29 bits per heavy atom. The number of hydrogen-bond donors (Lipinski definition) is 1. The quantitative estimate of drug-likeness (QED) is 0.907. The average Bonchev–Trinajstić information content (AvgIpc) is 2.79. The van der Waals surface area contributed by atoms with Crippen molar-refractivity contribution in [3.05, 3.63) is 40.9 Å². The number of nitrogens with zero attached hydrogens (tertiary/aromatic N) is 1. The molecule has 0 saturated heterocycles. The lowest BCUT2D eigenvalue weighted by atomic mass is 10.2. The van der Waals surface area contributed by atoms with E-state index < -0.39 is 11.6 Å². The highest BCUT2D eigenvalue weighted by molar-refractivity contribution is 7.13. The van der Waals surface area contributed by atoms with Gasteiger partial charge in [0.25, 0.3) is 0 Å². The molecular weight excluding hydrogens is 242 g/mol. The van der Waals surface area contributed by atoms with E-state index in [1.807, 2.05) is 12.4 Å². The third kappa shape index (κ3) is 2.87. The van der Waals surface area contributed by atoms with Gasteiger partial charge in [0, 0.05) is 23.9 Å². The maximum atomic E-state index is 13.1. The van der Waals surface area contributed by atoms with Crippen molar-refractivity contribution in [1.29, 1.82) is 0 Å². The zero-order valence-electron chi connectivity index (χ0n) is 9.34. The van der Waals surface area contributed by atoms with Crippen molar-refractivity contribution >= 4 is 11.3 Å². The van der Waals surface area contributed by atoms with E-state index in [1.54, 1.807) is 6.07 Å². The first-order valence-corrected chi connectivity index (χ1v) is 6.13. The Balaban J connectivity index is 2.21. The van der Waals surface area contributed by atoms with Crippen molar-refractivity contribution in [2.45, 2.75) is 6.42 Å². The van der Waals surface area contributed by atoms with Crippen molar-refractivity contribution in [1.82, 2.24) is 10.3 Å². The third-order valence-electron chi connectivity index (χ3n) is 2.35. The SMILES string of the molecule is CNCCc1csc(-c2ccc(F)c(F)c2)n1. The first-order valence-electron chi connectivity index (χ1n) is 5.25. The fourth-order valence-corrected chi connectivity index (χ4v) is 2.29. The fraction of sp³-hybridized carbons (Fsp3) is 0.250. The number of hydrogen-bond acceptors (Lipinski definition) is 3. The third-order valence-corrected chi connectivity index (χ3v) is 3.29. The summed E-state index contributed by atoms with van der Waals surface area (Å²) in [7, 11) is 1.88. The largest absolute Gasteiger partial charge is 0.319 e. The molecule has 0 saturated carbocycles. The molecule has 0 fully saturated rings. The summed E-state index contributed by atoms with van der Waals surface area (Å²) < 4.78 is 25.9. The van der Waals surface area contributed by atoms with Gasteiger partial charge in [-0.1, -0.05) is 0 Å². The van der Waals surface area contributed by atoms with E-state index >= 15 is 0 Å². The summed E-state index contributed by atoms with van der Waals surface area (Å²) in [4.78, 5) is 4.38. The molecule has 0 spiro atoms. The predicted octanol–water partition coefficient (Wildman–Crippen LogP) is 2.85. The van der Waals surface area contributed by atoms with Crippen LogP contribution in [0.25, 0.3) is 10.6 Å². The fourth-order valence-electron chi connectivity index (χ4n) is 1.44. The molecule has 0 aliphatic heterocycles. The van der Waals surface area contributed by atoms with Crippen LogP contribution in [0.2, 0.25) is 0 Å². The molecule has 0 amide bonds. The van der Waals surface area contributed by atoms with E-state index in [4.69, 9.17) is 0 Å². The standard InChI is InChI=1S/C12H12F2N2S/c1-15-5-4-9-7-17-12(16-9)8-2-3-10(13)11(14)6-8/h2-3,6-7,15H,4-5H2,1H3. The molecule has 0 atom stereocenters. The number of benzene rings is 1. The monoisotopic (exact) mass is 254 g/mol. The highest BCUT2D eigenvalue weighted by atomic mass is 32.1. The topological polar surface area (TPSA) is 24.9 Å². The zero-order chi connectivity index (χ0) is 12.3. The minimum Gasteiger partial charge on any atom is -0.319 e. The minimum atomic E-state index is -0.838. The Labute approximate surface area is 102 Å². The van der Waals surface area contributed by atoms with Crippen LogP contribution in [0.15, 0.2) is 23.6 Å². The lowest BCUT2D eigenvalue weighted by molar-refractivity contribution is 0.509. The molecule has 0 aliphatic carbocycles. The number of halogens is 2. The summed E-state index contributed by atoms with van der Waals surface area (Å²) in [5.41, 5.74) is 1.58. The van der Waals surface area contributed by atoms with Crippen molar-refractivity contribution in [3.63, 3.8) is 0 Å². The van der Waals surface area contributed by atoms with Gasteiger partial charge in [-0.25, -0.2) is 13.8 Å². The Bertz CT molecular complexity index is 511. The van der Waals surface area contributed by atoms with Crippen LogP contribution in [-0.2, 0) is 6.42 Å². The highest BCUT2D eigenvalue weighted by Crippen LogP contribution is 2.25. The van der Waals surface area contributed by atoms with Crippen LogP contribution in [0, 0.1) is 11.6 Å². The molecule has 1 N–H and O–H groups in total. The molecule has 1 aromatic heterocycles. The Morgan fingerprint density at radius 2 is 2.12 bits per heavy atom. The summed E-state index contributed by atoms with van der Waals surface area (Å²) >= 11 is 1.44. The molecule has 2 rings (SSSR count). The van der Waals surface area contributed by atoms with Gasteiger partial charge < -0.3 is 5.32 Å². The number of rotatable bonds is 4. The summed E-state index contributed by atoms with van der Waals surface area (Å²) in [6.45, 7) is 0.848. The Hall–Kier alpha value is -1.33. The summed E-state index contributed by atoms with van der Waals surface area (Å²) in [6, 6.07) is 3.84. The molecule has 5 heteroatoms. The van der Waals surface area contributed by atoms with Crippen LogP contribution in [-0.4, -0.2) is 18.6 Å². The van der Waals surface area contributed by atoms with Crippen LogP contribution in [0.4, 0.5) is 8.78 Å². The summed E-state index contributed by atoms with van der Waals surface area (Å²) in [5.74, 6) is -1.67. The molecule has 90 valence electrons. The zero-order valence-corrected chi connectivity index (χ0v) is 10.2. The van der Waals surface area contributed by atoms with Crippen molar-refractivity contribution in [2.75, 3.05) is 13.6 Å².